The van der Waals surface area contributed by atoms with Crippen molar-refractivity contribution in [1.82, 2.24) is 19.5 Å². The summed E-state index contributed by atoms with van der Waals surface area (Å²) in [6, 6.07) is 1.54. The zero-order valence-electron chi connectivity index (χ0n) is 10.5. The van der Waals surface area contributed by atoms with E-state index in [9.17, 15) is 4.79 Å². The minimum atomic E-state index is -0.110. The van der Waals surface area contributed by atoms with Gasteiger partial charge >= 0.3 is 6.03 Å². The van der Waals surface area contributed by atoms with Gasteiger partial charge in [0, 0.05) is 19.3 Å². The van der Waals surface area contributed by atoms with Crippen LogP contribution in [0.3, 0.4) is 0 Å². The van der Waals surface area contributed by atoms with Gasteiger partial charge in [0.25, 0.3) is 0 Å². The minimum Gasteiger partial charge on any atom is -0.324 e. The molecule has 19 heavy (non-hydrogen) atoms. The molecule has 3 heterocycles. The van der Waals surface area contributed by atoms with Crippen molar-refractivity contribution < 1.29 is 4.79 Å². The van der Waals surface area contributed by atoms with E-state index in [0.717, 1.165) is 19.5 Å². The van der Waals surface area contributed by atoms with Crippen molar-refractivity contribution in [1.29, 1.82) is 0 Å². The molecule has 100 valence electrons. The zero-order chi connectivity index (χ0) is 13.4. The molecule has 1 N–H and O–H groups in total. The Balaban J connectivity index is 1.81. The summed E-state index contributed by atoms with van der Waals surface area (Å²) in [6.45, 7) is 3.73. The topological polar surface area (TPSA) is 62.5 Å². The van der Waals surface area contributed by atoms with Crippen LogP contribution < -0.4 is 5.32 Å². The first-order chi connectivity index (χ1) is 9.13. The Kier molecular flexibility index (Phi) is 3.02. The lowest BCUT2D eigenvalue weighted by molar-refractivity contribution is 0.221. The highest BCUT2D eigenvalue weighted by Crippen LogP contribution is 2.19. The molecule has 0 unspecified atom stereocenters. The maximum atomic E-state index is 12.1. The number of urea groups is 1. The van der Waals surface area contributed by atoms with Crippen LogP contribution in [-0.4, -0.2) is 38.6 Å². The molecule has 3 rings (SSSR count). The first-order valence-corrected chi connectivity index (χ1v) is 6.57. The molecule has 2 aromatic heterocycles. The van der Waals surface area contributed by atoms with Gasteiger partial charge in [-0.3, -0.25) is 0 Å². The number of halogens is 1. The second-order valence-electron chi connectivity index (χ2n) is 4.85. The average Bonchev–Trinajstić information content (AvgIpc) is 2.97. The summed E-state index contributed by atoms with van der Waals surface area (Å²) in [7, 11) is 0. The number of rotatable bonds is 1. The van der Waals surface area contributed by atoms with Gasteiger partial charge in [0.1, 0.15) is 10.8 Å². The highest BCUT2D eigenvalue weighted by molar-refractivity contribution is 6.29. The van der Waals surface area contributed by atoms with Gasteiger partial charge in [-0.15, -0.1) is 0 Å². The predicted octanol–water partition coefficient (Wildman–Crippen LogP) is 2.26. The molecule has 6 nitrogen and oxygen atoms in total. The van der Waals surface area contributed by atoms with Crippen LogP contribution in [0.2, 0.25) is 5.15 Å². The normalized spacial score (nSPS) is 19.1. The monoisotopic (exact) mass is 279 g/mol. The molecule has 1 atom stereocenters. The van der Waals surface area contributed by atoms with Crippen LogP contribution in [0, 0.1) is 5.92 Å². The number of amides is 2. The fourth-order valence-corrected chi connectivity index (χ4v) is 2.39. The third kappa shape index (κ3) is 2.35. The fraction of sp³-hybridized carbons (Fsp3) is 0.417. The Morgan fingerprint density at radius 3 is 3.16 bits per heavy atom. The first-order valence-electron chi connectivity index (χ1n) is 6.19. The smallest absolute Gasteiger partial charge is 0.321 e. The molecule has 0 aromatic carbocycles. The van der Waals surface area contributed by atoms with Crippen molar-refractivity contribution in [3.8, 4) is 0 Å². The number of nitrogens with zero attached hydrogens (tertiary/aromatic N) is 4. The molecule has 1 aliphatic heterocycles. The Hall–Kier alpha value is -1.82. The van der Waals surface area contributed by atoms with Gasteiger partial charge in [0.15, 0.2) is 5.65 Å². The van der Waals surface area contributed by atoms with Crippen LogP contribution in [-0.2, 0) is 0 Å². The van der Waals surface area contributed by atoms with E-state index in [4.69, 9.17) is 11.6 Å². The number of likely N-dealkylation sites (tertiary alicyclic amines) is 1. The summed E-state index contributed by atoms with van der Waals surface area (Å²) in [5.74, 6) is 0.558. The van der Waals surface area contributed by atoms with Crippen molar-refractivity contribution in [3.63, 3.8) is 0 Å². The van der Waals surface area contributed by atoms with E-state index in [0.29, 0.717) is 22.4 Å². The summed E-state index contributed by atoms with van der Waals surface area (Å²) >= 11 is 5.85. The Morgan fingerprint density at radius 1 is 1.58 bits per heavy atom. The quantitative estimate of drug-likeness (QED) is 0.815. The van der Waals surface area contributed by atoms with E-state index in [1.807, 2.05) is 0 Å². The van der Waals surface area contributed by atoms with Crippen LogP contribution in [0.5, 0.6) is 0 Å². The standard InChI is InChI=1S/C12H14ClN5O/c1-8-2-4-17(7-8)12(19)15-9-6-14-18-5-3-10(13)16-11(9)18/h3,5-6,8H,2,4,7H2,1H3,(H,15,19)/t8-/m0/s1. The molecule has 0 spiro atoms. The van der Waals surface area contributed by atoms with Gasteiger partial charge in [-0.1, -0.05) is 18.5 Å². The van der Waals surface area contributed by atoms with Crippen molar-refractivity contribution in [2.45, 2.75) is 13.3 Å². The Bertz CT molecular complexity index is 626. The Labute approximate surface area is 115 Å². The van der Waals surface area contributed by atoms with Gasteiger partial charge in [-0.2, -0.15) is 5.10 Å². The van der Waals surface area contributed by atoms with Crippen molar-refractivity contribution in [2.24, 2.45) is 5.92 Å². The van der Waals surface area contributed by atoms with Crippen molar-refractivity contribution in [3.05, 3.63) is 23.6 Å². The number of carbonyl (C=O) groups excluding carboxylic acids is 1. The molecule has 2 amide bonds. The van der Waals surface area contributed by atoms with E-state index in [-0.39, 0.29) is 6.03 Å². The number of hydrogen-bond donors (Lipinski definition) is 1. The Morgan fingerprint density at radius 2 is 2.42 bits per heavy atom. The first kappa shape index (κ1) is 12.2. The largest absolute Gasteiger partial charge is 0.324 e. The molecule has 0 aliphatic carbocycles. The lowest BCUT2D eigenvalue weighted by Gasteiger charge is -2.15. The van der Waals surface area contributed by atoms with Crippen LogP contribution in [0.4, 0.5) is 10.5 Å². The average molecular weight is 280 g/mol. The number of carbonyl (C=O) groups is 1. The van der Waals surface area contributed by atoms with Crippen LogP contribution >= 0.6 is 11.6 Å². The zero-order valence-corrected chi connectivity index (χ0v) is 11.3. The molecule has 0 radical (unpaired) electrons. The van der Waals surface area contributed by atoms with Crippen LogP contribution in [0.15, 0.2) is 18.5 Å². The predicted molar refractivity (Wildman–Crippen MR) is 72.4 cm³/mol. The molecular weight excluding hydrogens is 266 g/mol. The molecule has 2 aromatic rings. The molecule has 0 bridgehead atoms. The number of nitrogens with one attached hydrogen (secondary N) is 1. The summed E-state index contributed by atoms with van der Waals surface area (Å²) in [4.78, 5) is 18.1. The lowest BCUT2D eigenvalue weighted by Crippen LogP contribution is -2.32. The molecule has 1 aliphatic rings. The second-order valence-corrected chi connectivity index (χ2v) is 5.23. The summed E-state index contributed by atoms with van der Waals surface area (Å²) in [6.07, 6.45) is 4.33. The SMILES string of the molecule is C[C@H]1CCN(C(=O)Nc2cnn3ccc(Cl)nc23)C1. The highest BCUT2D eigenvalue weighted by Gasteiger charge is 2.23. The van der Waals surface area contributed by atoms with E-state index in [1.165, 1.54) is 0 Å². The molecule has 1 saturated heterocycles. The van der Waals surface area contributed by atoms with E-state index < -0.39 is 0 Å². The van der Waals surface area contributed by atoms with E-state index >= 15 is 0 Å². The van der Waals surface area contributed by atoms with Crippen molar-refractivity contribution >= 4 is 29.0 Å². The van der Waals surface area contributed by atoms with Crippen LogP contribution in [0.1, 0.15) is 13.3 Å². The van der Waals surface area contributed by atoms with Crippen molar-refractivity contribution in [2.75, 3.05) is 18.4 Å². The maximum absolute atomic E-state index is 12.1. The van der Waals surface area contributed by atoms with Gasteiger partial charge in [0.2, 0.25) is 0 Å². The lowest BCUT2D eigenvalue weighted by atomic mass is 10.2. The van der Waals surface area contributed by atoms with Gasteiger partial charge in [-0.25, -0.2) is 14.3 Å². The van der Waals surface area contributed by atoms with Gasteiger partial charge < -0.3 is 10.2 Å². The minimum absolute atomic E-state index is 0.110. The third-order valence-electron chi connectivity index (χ3n) is 3.29. The number of hydrogen-bond acceptors (Lipinski definition) is 3. The molecular formula is C12H14ClN5O. The summed E-state index contributed by atoms with van der Waals surface area (Å²) < 4.78 is 1.58. The van der Waals surface area contributed by atoms with E-state index in [1.54, 1.807) is 27.9 Å². The molecule has 1 fully saturated rings. The molecule has 0 saturated carbocycles. The van der Waals surface area contributed by atoms with E-state index in [2.05, 4.69) is 22.3 Å². The summed E-state index contributed by atoms with van der Waals surface area (Å²) in [5.41, 5.74) is 1.13. The summed E-state index contributed by atoms with van der Waals surface area (Å²) in [5, 5.41) is 7.33. The molecule has 7 heteroatoms. The number of fused-ring (bicyclic) bond motifs is 1. The number of anilines is 1. The highest BCUT2D eigenvalue weighted by atomic mass is 35.5. The number of aromatic nitrogens is 3. The third-order valence-corrected chi connectivity index (χ3v) is 3.50. The fourth-order valence-electron chi connectivity index (χ4n) is 2.25. The van der Waals surface area contributed by atoms with Crippen LogP contribution in [0.25, 0.3) is 5.65 Å². The second kappa shape index (κ2) is 4.70. The van der Waals surface area contributed by atoms with Gasteiger partial charge in [-0.05, 0) is 18.4 Å². The maximum Gasteiger partial charge on any atom is 0.321 e. The van der Waals surface area contributed by atoms with Gasteiger partial charge in [0.05, 0.1) is 6.20 Å².